The van der Waals surface area contributed by atoms with Gasteiger partial charge in [-0.2, -0.15) is 6.08 Å². The zero-order valence-electron chi connectivity index (χ0n) is 19.3. The van der Waals surface area contributed by atoms with Crippen molar-refractivity contribution in [3.63, 3.8) is 0 Å². The summed E-state index contributed by atoms with van der Waals surface area (Å²) in [6, 6.07) is 19.3. The maximum atomic E-state index is 13.2. The van der Waals surface area contributed by atoms with Gasteiger partial charge in [-0.25, -0.2) is 6.08 Å². The van der Waals surface area contributed by atoms with Crippen LogP contribution in [0.5, 0.6) is 0 Å². The molecule has 38 heavy (non-hydrogen) atoms. The van der Waals surface area contributed by atoms with Gasteiger partial charge in [0.25, 0.3) is 5.97 Å². The first-order chi connectivity index (χ1) is 17.8. The maximum Gasteiger partial charge on any atom is 3.00 e. The molecule has 0 aliphatic carbocycles. The zero-order valence-corrected chi connectivity index (χ0v) is 21.7. The van der Waals surface area contributed by atoms with E-state index in [1.54, 1.807) is 67.1 Å². The number of hydrogen-bond acceptors (Lipinski definition) is 4. The van der Waals surface area contributed by atoms with E-state index in [-0.39, 0.29) is 37.3 Å². The number of dihydropyridines is 1. The molecule has 0 atom stereocenters. The Balaban J connectivity index is 0.000000203. The number of rotatable bonds is 3. The molecule has 0 radical (unpaired) electrons. The molecular weight excluding hydrogens is 679 g/mol. The smallest absolute Gasteiger partial charge is 0.490 e. The monoisotopic (exact) mass is 697 g/mol. The quantitative estimate of drug-likeness (QED) is 0.206. The molecule has 2 aromatic heterocycles. The number of aliphatic carboxylic acids is 1. The zero-order chi connectivity index (χ0) is 26.6. The van der Waals surface area contributed by atoms with E-state index >= 15 is 0 Å². The van der Waals surface area contributed by atoms with Crippen molar-refractivity contribution in [1.82, 2.24) is 15.3 Å². The number of allylic oxidation sites excluding steroid dienone is 2. The molecule has 194 valence electrons. The summed E-state index contributed by atoms with van der Waals surface area (Å²) < 4.78 is 51.6. The van der Waals surface area contributed by atoms with Gasteiger partial charge >= 0.3 is 20.1 Å². The molecule has 1 aliphatic heterocycles. The minimum absolute atomic E-state index is 0. The summed E-state index contributed by atoms with van der Waals surface area (Å²) in [5.41, 5.74) is 1.27. The molecule has 0 fully saturated rings. The van der Waals surface area contributed by atoms with Crippen LogP contribution in [0.2, 0.25) is 0 Å². The van der Waals surface area contributed by atoms with E-state index in [0.717, 1.165) is 24.3 Å². The fourth-order valence-corrected chi connectivity index (χ4v) is 2.83. The largest absolute Gasteiger partial charge is 3.00 e. The fourth-order valence-electron chi connectivity index (χ4n) is 2.83. The average molecular weight is 697 g/mol. The second-order valence-corrected chi connectivity index (χ2v) is 7.09. The van der Waals surface area contributed by atoms with E-state index < -0.39 is 29.2 Å². The van der Waals surface area contributed by atoms with Crippen LogP contribution >= 0.6 is 0 Å². The first-order valence-electron chi connectivity index (χ1n) is 10.6. The molecule has 0 saturated heterocycles. The molecular formula is C28H18F4IrN3O2. The van der Waals surface area contributed by atoms with Crippen molar-refractivity contribution >= 4 is 5.97 Å². The Hall–Kier alpha value is -4.27. The van der Waals surface area contributed by atoms with Crippen LogP contribution in [-0.4, -0.2) is 21.0 Å². The summed E-state index contributed by atoms with van der Waals surface area (Å²) in [5.74, 6) is -3.51. The van der Waals surface area contributed by atoms with E-state index in [1.807, 2.05) is 0 Å². The van der Waals surface area contributed by atoms with Crippen molar-refractivity contribution in [3.8, 4) is 22.5 Å². The molecule has 5 nitrogen and oxygen atoms in total. The number of pyridine rings is 2. The molecule has 0 spiro atoms. The second kappa shape index (κ2) is 15.1. The molecule has 2 aromatic carbocycles. The van der Waals surface area contributed by atoms with Gasteiger partial charge in [0, 0.05) is 35.7 Å². The van der Waals surface area contributed by atoms with Gasteiger partial charge in [0.15, 0.2) is 0 Å². The van der Waals surface area contributed by atoms with Crippen LogP contribution in [0.1, 0.15) is 0 Å². The SMILES string of the molecule is Fc1c[c-]c(-c2ccccn2)c(F)c1.Fc1c[c-]c(-c2ccccn2)c(F)c1.O=C(O)[C-]1C=CC=CN1.[Ir+3]. The average Bonchev–Trinajstić information content (AvgIpc) is 2.91. The molecule has 2 N–H and O–H groups in total. The Kier molecular flexibility index (Phi) is 11.9. The molecule has 0 saturated carbocycles. The van der Waals surface area contributed by atoms with Crippen LogP contribution in [0.4, 0.5) is 17.6 Å². The third kappa shape index (κ3) is 8.99. The minimum Gasteiger partial charge on any atom is -0.490 e. The first-order valence-corrected chi connectivity index (χ1v) is 10.6. The van der Waals surface area contributed by atoms with Crippen LogP contribution in [0.15, 0.2) is 97.5 Å². The molecule has 0 unspecified atom stereocenters. The number of nitrogens with zero attached hydrogens (tertiary/aromatic N) is 2. The number of benzene rings is 2. The van der Waals surface area contributed by atoms with Crippen molar-refractivity contribution in [2.45, 2.75) is 0 Å². The Morgan fingerprint density at radius 1 is 0.816 bits per heavy atom. The summed E-state index contributed by atoms with van der Waals surface area (Å²) >= 11 is 0. The predicted octanol–water partition coefficient (Wildman–Crippen LogP) is 5.93. The number of halogens is 4. The van der Waals surface area contributed by atoms with E-state index in [4.69, 9.17) is 5.11 Å². The standard InChI is InChI=1S/2C11H6F2N.C6H6NO2.Ir/c2*12-8-4-5-9(10(13)7-8)11-3-1-2-6-14-11;8-6(9)5-3-1-2-4-7-5;/h2*1-4,6-7H;1-4,7H,(H,8,9);/q3*-1;+3. The van der Waals surface area contributed by atoms with Crippen molar-refractivity contribution < 1.29 is 47.6 Å². The van der Waals surface area contributed by atoms with Gasteiger partial charge < -0.3 is 20.4 Å². The number of carboxylic acid groups (broad SMARTS) is 1. The fraction of sp³-hybridized carbons (Fsp3) is 0. The summed E-state index contributed by atoms with van der Waals surface area (Å²) in [4.78, 5) is 18.1. The van der Waals surface area contributed by atoms with Crippen molar-refractivity contribution in [3.05, 3.63) is 139 Å². The number of aromatic nitrogens is 2. The first kappa shape index (κ1) is 30.0. The maximum absolute atomic E-state index is 13.2. The van der Waals surface area contributed by atoms with Crippen molar-refractivity contribution in [2.75, 3.05) is 0 Å². The van der Waals surface area contributed by atoms with Crippen LogP contribution < -0.4 is 5.32 Å². The van der Waals surface area contributed by atoms with E-state index in [1.165, 1.54) is 6.08 Å². The predicted molar refractivity (Wildman–Crippen MR) is 129 cm³/mol. The van der Waals surface area contributed by atoms with E-state index in [0.29, 0.717) is 11.4 Å². The van der Waals surface area contributed by atoms with Crippen LogP contribution in [0, 0.1) is 41.4 Å². The Labute approximate surface area is 230 Å². The Morgan fingerprint density at radius 2 is 1.32 bits per heavy atom. The van der Waals surface area contributed by atoms with E-state index in [2.05, 4.69) is 27.4 Å². The van der Waals surface area contributed by atoms with Gasteiger partial charge in [-0.3, -0.25) is 22.4 Å². The summed E-state index contributed by atoms with van der Waals surface area (Å²) in [6.45, 7) is 0. The van der Waals surface area contributed by atoms with Crippen LogP contribution in [-0.2, 0) is 24.9 Å². The van der Waals surface area contributed by atoms with Gasteiger partial charge in [-0.05, 0) is 35.8 Å². The normalized spacial score (nSPS) is 11.1. The molecule has 0 bridgehead atoms. The number of carboxylic acids is 1. The number of carbonyl (C=O) groups is 1. The van der Waals surface area contributed by atoms with Gasteiger partial charge in [0.2, 0.25) is 0 Å². The summed E-state index contributed by atoms with van der Waals surface area (Å²) in [6.07, 6.45) is 9.57. The minimum atomic E-state index is -0.935. The van der Waals surface area contributed by atoms with Gasteiger partial charge in [-0.15, -0.1) is 30.3 Å². The van der Waals surface area contributed by atoms with E-state index in [9.17, 15) is 22.4 Å². The molecule has 4 aromatic rings. The van der Waals surface area contributed by atoms with Gasteiger partial charge in [0.05, 0.1) is 0 Å². The third-order valence-electron chi connectivity index (χ3n) is 4.50. The van der Waals surface area contributed by atoms with Gasteiger partial charge in [-0.1, -0.05) is 47.5 Å². The van der Waals surface area contributed by atoms with Crippen molar-refractivity contribution in [1.29, 1.82) is 0 Å². The molecule has 1 aliphatic rings. The Morgan fingerprint density at radius 3 is 1.63 bits per heavy atom. The second-order valence-electron chi connectivity index (χ2n) is 7.09. The van der Waals surface area contributed by atoms with Gasteiger partial charge in [0.1, 0.15) is 0 Å². The van der Waals surface area contributed by atoms with Crippen molar-refractivity contribution in [2.24, 2.45) is 0 Å². The summed E-state index contributed by atoms with van der Waals surface area (Å²) in [7, 11) is 0. The topological polar surface area (TPSA) is 75.1 Å². The third-order valence-corrected chi connectivity index (χ3v) is 4.50. The molecule has 3 heterocycles. The summed E-state index contributed by atoms with van der Waals surface area (Å²) in [5, 5.41) is 10.9. The molecule has 0 amide bonds. The molecule has 5 rings (SSSR count). The van der Waals surface area contributed by atoms with Crippen LogP contribution in [0.25, 0.3) is 22.5 Å². The Bertz CT molecular complexity index is 1300. The molecule has 10 heteroatoms. The van der Waals surface area contributed by atoms with Crippen LogP contribution in [0.3, 0.4) is 0 Å². The number of hydrogen-bond donors (Lipinski definition) is 2. The number of nitrogens with one attached hydrogen (secondary N) is 1.